The lowest BCUT2D eigenvalue weighted by molar-refractivity contribution is -0.139. The normalized spacial score (nSPS) is 14.3. The van der Waals surface area contributed by atoms with Gasteiger partial charge in [-0.1, -0.05) is 24.3 Å². The van der Waals surface area contributed by atoms with Crippen LogP contribution in [0, 0.1) is 0 Å². The number of nitrogens with zero attached hydrogens (tertiary/aromatic N) is 1. The Hall–Kier alpha value is -3.18. The number of thiophene rings is 1. The Kier molecular flexibility index (Phi) is 9.82. The van der Waals surface area contributed by atoms with Gasteiger partial charge in [0.1, 0.15) is 0 Å². The van der Waals surface area contributed by atoms with E-state index in [9.17, 15) is 31.5 Å². The van der Waals surface area contributed by atoms with Gasteiger partial charge in [-0.3, -0.25) is 9.03 Å². The average molecular weight is 703 g/mol. The molecule has 0 atom stereocenters. The molecule has 0 bridgehead atoms. The van der Waals surface area contributed by atoms with E-state index in [0.29, 0.717) is 47.6 Å². The van der Waals surface area contributed by atoms with Crippen molar-refractivity contribution in [2.45, 2.75) is 24.6 Å². The summed E-state index contributed by atoms with van der Waals surface area (Å²) in [5, 5.41) is 21.9. The van der Waals surface area contributed by atoms with Crippen molar-refractivity contribution in [3.63, 3.8) is 0 Å². The maximum Gasteiger partial charge on any atom is 0.349 e. The van der Waals surface area contributed by atoms with Crippen LogP contribution in [0.3, 0.4) is 0 Å². The number of aromatic carboxylic acids is 1. The lowest BCUT2D eigenvalue weighted by atomic mass is 10.1. The Morgan fingerprint density at radius 2 is 1.79 bits per heavy atom. The van der Waals surface area contributed by atoms with Gasteiger partial charge in [-0.25, -0.2) is 26.4 Å². The molecule has 0 saturated carbocycles. The Bertz CT molecular complexity index is 1700. The van der Waals surface area contributed by atoms with Crippen LogP contribution in [0.15, 0.2) is 53.0 Å². The molecule has 0 unspecified atom stereocenters. The summed E-state index contributed by atoms with van der Waals surface area (Å²) < 4.78 is 60.6. The second-order valence-corrected chi connectivity index (χ2v) is 15.0. The fraction of sp³-hybridized carbons (Fsp3) is 0.308. The third-order valence-corrected chi connectivity index (χ3v) is 10.9. The van der Waals surface area contributed by atoms with E-state index >= 15 is 0 Å². The second-order valence-electron chi connectivity index (χ2n) is 9.55. The SMILES string of the molecule is CS(=O)(=O)Nc1cccc(CS(=O)(=O)N(c2cccc(-c3sc(C(=O)O)c(OCC(=O)O)c3Br)c2)C2CCNCC2)c1. The molecule has 0 aliphatic carbocycles. The van der Waals surface area contributed by atoms with E-state index in [4.69, 9.17) is 9.84 Å². The zero-order valence-corrected chi connectivity index (χ0v) is 26.3. The third kappa shape index (κ3) is 7.80. The number of halogens is 1. The van der Waals surface area contributed by atoms with Crippen LogP contribution in [0.4, 0.5) is 11.4 Å². The van der Waals surface area contributed by atoms with Gasteiger partial charge in [0, 0.05) is 11.7 Å². The van der Waals surface area contributed by atoms with E-state index in [1.807, 2.05) is 0 Å². The first-order chi connectivity index (χ1) is 19.7. The lowest BCUT2D eigenvalue weighted by Crippen LogP contribution is -2.46. The maximum atomic E-state index is 14.0. The van der Waals surface area contributed by atoms with E-state index in [0.717, 1.165) is 17.6 Å². The Morgan fingerprint density at radius 1 is 1.10 bits per heavy atom. The number of piperidine rings is 1. The molecule has 4 N–H and O–H groups in total. The largest absolute Gasteiger partial charge is 0.479 e. The highest BCUT2D eigenvalue weighted by Crippen LogP contribution is 2.46. The van der Waals surface area contributed by atoms with Crippen molar-refractivity contribution in [2.24, 2.45) is 0 Å². The van der Waals surface area contributed by atoms with Crippen molar-refractivity contribution in [1.29, 1.82) is 0 Å². The van der Waals surface area contributed by atoms with Gasteiger partial charge in [0.15, 0.2) is 17.2 Å². The molecule has 1 saturated heterocycles. The molecule has 1 aliphatic heterocycles. The summed E-state index contributed by atoms with van der Waals surface area (Å²) in [7, 11) is -7.55. The molecule has 0 spiro atoms. The molecule has 0 radical (unpaired) electrons. The number of sulfonamides is 2. The molecule has 12 nitrogen and oxygen atoms in total. The first kappa shape index (κ1) is 31.7. The van der Waals surface area contributed by atoms with Crippen LogP contribution in [0.25, 0.3) is 10.4 Å². The summed E-state index contributed by atoms with van der Waals surface area (Å²) in [5.74, 6) is -3.08. The van der Waals surface area contributed by atoms with Crippen molar-refractivity contribution in [3.05, 3.63) is 63.4 Å². The molecular weight excluding hydrogens is 674 g/mol. The van der Waals surface area contributed by atoms with Crippen LogP contribution < -0.4 is 19.1 Å². The number of anilines is 2. The maximum absolute atomic E-state index is 14.0. The van der Waals surface area contributed by atoms with Gasteiger partial charge in [-0.15, -0.1) is 11.3 Å². The minimum absolute atomic E-state index is 0.124. The molecule has 3 aromatic rings. The quantitative estimate of drug-likeness (QED) is 0.217. The van der Waals surface area contributed by atoms with Crippen LogP contribution in [0.2, 0.25) is 0 Å². The fourth-order valence-corrected chi connectivity index (χ4v) is 8.91. The zero-order valence-electron chi connectivity index (χ0n) is 22.2. The van der Waals surface area contributed by atoms with Crippen LogP contribution in [-0.2, 0) is 30.6 Å². The van der Waals surface area contributed by atoms with Gasteiger partial charge in [-0.2, -0.15) is 0 Å². The summed E-state index contributed by atoms with van der Waals surface area (Å²) >= 11 is 4.22. The Labute approximate surface area is 255 Å². The predicted molar refractivity (Wildman–Crippen MR) is 163 cm³/mol. The number of carboxylic acid groups (broad SMARTS) is 2. The van der Waals surface area contributed by atoms with Crippen LogP contribution in [0.5, 0.6) is 5.75 Å². The van der Waals surface area contributed by atoms with Gasteiger partial charge in [-0.05, 0) is 77.3 Å². The van der Waals surface area contributed by atoms with E-state index < -0.39 is 38.6 Å². The van der Waals surface area contributed by atoms with Gasteiger partial charge < -0.3 is 20.3 Å². The minimum Gasteiger partial charge on any atom is -0.479 e. The molecule has 16 heteroatoms. The van der Waals surface area contributed by atoms with Gasteiger partial charge >= 0.3 is 11.9 Å². The third-order valence-electron chi connectivity index (χ3n) is 6.23. The summed E-state index contributed by atoms with van der Waals surface area (Å²) in [6.45, 7) is 0.497. The fourth-order valence-electron chi connectivity index (χ4n) is 4.63. The van der Waals surface area contributed by atoms with E-state index in [2.05, 4.69) is 26.0 Å². The second kappa shape index (κ2) is 13.0. The number of carboxylic acids is 2. The van der Waals surface area contributed by atoms with Crippen molar-refractivity contribution in [3.8, 4) is 16.2 Å². The highest BCUT2D eigenvalue weighted by Gasteiger charge is 2.32. The van der Waals surface area contributed by atoms with Crippen molar-refractivity contribution in [1.82, 2.24) is 5.32 Å². The molecule has 0 amide bonds. The summed E-state index contributed by atoms with van der Waals surface area (Å²) in [6, 6.07) is 12.5. The van der Waals surface area contributed by atoms with Crippen LogP contribution >= 0.6 is 27.3 Å². The van der Waals surface area contributed by atoms with Gasteiger partial charge in [0.05, 0.1) is 27.0 Å². The van der Waals surface area contributed by atoms with E-state index in [1.54, 1.807) is 36.4 Å². The minimum atomic E-state index is -4.00. The monoisotopic (exact) mass is 701 g/mol. The Balaban J connectivity index is 1.75. The first-order valence-corrected chi connectivity index (χ1v) is 17.7. The zero-order chi connectivity index (χ0) is 30.7. The number of hydrogen-bond donors (Lipinski definition) is 4. The van der Waals surface area contributed by atoms with E-state index in [-0.39, 0.29) is 32.6 Å². The van der Waals surface area contributed by atoms with Crippen molar-refractivity contribution >= 4 is 70.6 Å². The molecule has 1 fully saturated rings. The highest BCUT2D eigenvalue weighted by molar-refractivity contribution is 9.10. The number of rotatable bonds is 12. The number of ether oxygens (including phenoxy) is 1. The van der Waals surface area contributed by atoms with Gasteiger partial charge in [0.25, 0.3) is 0 Å². The molecule has 42 heavy (non-hydrogen) atoms. The summed E-state index contributed by atoms with van der Waals surface area (Å²) in [5.41, 5.74) is 1.52. The topological polar surface area (TPSA) is 179 Å². The highest BCUT2D eigenvalue weighted by atomic mass is 79.9. The number of nitrogens with one attached hydrogen (secondary N) is 2. The average Bonchev–Trinajstić information content (AvgIpc) is 3.23. The lowest BCUT2D eigenvalue weighted by Gasteiger charge is -2.35. The van der Waals surface area contributed by atoms with Gasteiger partial charge in [0.2, 0.25) is 20.0 Å². The molecule has 2 aromatic carbocycles. The summed E-state index contributed by atoms with van der Waals surface area (Å²) in [6.07, 6.45) is 2.12. The van der Waals surface area contributed by atoms with Crippen molar-refractivity contribution < 1.29 is 41.4 Å². The smallest absolute Gasteiger partial charge is 0.349 e. The Morgan fingerprint density at radius 3 is 2.43 bits per heavy atom. The molecule has 1 aliphatic rings. The number of hydrogen-bond acceptors (Lipinski definition) is 9. The van der Waals surface area contributed by atoms with Crippen LogP contribution in [-0.4, -0.2) is 71.0 Å². The standard InChI is InChI=1S/C26H28BrN3O9S3/c1-41(35,36)29-18-6-2-4-16(12-18)15-42(37,38)30(19-8-10-28-11-9-19)20-7-3-5-17(13-20)24-22(27)23(39-14-21(31)32)25(40-24)26(33)34/h2-7,12-13,19,28-29H,8-11,14-15H2,1H3,(H,31,32)(H,33,34). The molecular formula is C26H28BrN3O9S3. The number of carbonyl (C=O) groups is 2. The van der Waals surface area contributed by atoms with Crippen LogP contribution in [0.1, 0.15) is 28.1 Å². The molecule has 4 rings (SSSR count). The van der Waals surface area contributed by atoms with Crippen molar-refractivity contribution in [2.75, 3.05) is 35.0 Å². The number of aliphatic carboxylic acids is 1. The first-order valence-electron chi connectivity index (χ1n) is 12.6. The summed E-state index contributed by atoms with van der Waals surface area (Å²) in [4.78, 5) is 23.1. The molecule has 2 heterocycles. The predicted octanol–water partition coefficient (Wildman–Crippen LogP) is 3.80. The van der Waals surface area contributed by atoms with E-state index in [1.165, 1.54) is 16.4 Å². The molecule has 226 valence electrons. The number of benzene rings is 2. The molecule has 1 aromatic heterocycles.